The highest BCUT2D eigenvalue weighted by molar-refractivity contribution is 6.71. The summed E-state index contributed by atoms with van der Waals surface area (Å²) < 4.78 is 11.8. The van der Waals surface area contributed by atoms with Crippen LogP contribution in [0.3, 0.4) is 0 Å². The summed E-state index contributed by atoms with van der Waals surface area (Å²) in [7, 11) is -2.92. The van der Waals surface area contributed by atoms with E-state index in [0.717, 1.165) is 26.1 Å². The molecule has 1 aromatic rings. The average Bonchev–Trinajstić information content (AvgIpc) is 2.44. The zero-order valence-electron chi connectivity index (χ0n) is 15.4. The number of hydrogen-bond donors (Lipinski definition) is 0. The van der Waals surface area contributed by atoms with Crippen molar-refractivity contribution in [1.29, 1.82) is 0 Å². The van der Waals surface area contributed by atoms with Crippen LogP contribution in [0.5, 0.6) is 0 Å². The second-order valence-electron chi connectivity index (χ2n) is 7.20. The smallest absolute Gasteiger partial charge is 0.187 e. The van der Waals surface area contributed by atoms with Crippen LogP contribution in [0.4, 0.5) is 0 Å². The Kier molecular flexibility index (Phi) is 8.04. The van der Waals surface area contributed by atoms with Crippen LogP contribution in [0, 0.1) is 0 Å². The first-order valence-corrected chi connectivity index (χ1v) is 14.9. The molecule has 0 aliphatic carbocycles. The molecule has 2 nitrogen and oxygen atoms in total. The third-order valence-corrected chi connectivity index (χ3v) is 9.17. The lowest BCUT2D eigenvalue weighted by atomic mass is 10.1. The molecule has 4 heteroatoms. The highest BCUT2D eigenvalue weighted by Gasteiger charge is 2.22. The van der Waals surface area contributed by atoms with Crippen molar-refractivity contribution in [3.05, 3.63) is 35.4 Å². The molecule has 0 fully saturated rings. The predicted octanol–water partition coefficient (Wildman–Crippen LogP) is 5.25. The van der Waals surface area contributed by atoms with Gasteiger partial charge >= 0.3 is 0 Å². The molecule has 0 aliphatic heterocycles. The monoisotopic (exact) mass is 338 g/mol. The Morgan fingerprint density at radius 3 is 1.27 bits per heavy atom. The minimum Gasteiger partial charge on any atom is -0.418 e. The molecule has 0 radical (unpaired) electrons. The lowest BCUT2D eigenvalue weighted by Gasteiger charge is -2.22. The van der Waals surface area contributed by atoms with Crippen molar-refractivity contribution in [3.8, 4) is 0 Å². The SMILES string of the molecule is CCO[Si](C)(C)CCc1ccc(CC[Si](C)(C)OCC)cc1. The van der Waals surface area contributed by atoms with E-state index >= 15 is 0 Å². The maximum Gasteiger partial charge on any atom is 0.187 e. The molecule has 0 N–H and O–H groups in total. The zero-order valence-corrected chi connectivity index (χ0v) is 17.4. The van der Waals surface area contributed by atoms with Crippen LogP contribution < -0.4 is 0 Å². The van der Waals surface area contributed by atoms with Crippen LogP contribution in [-0.4, -0.2) is 29.8 Å². The third kappa shape index (κ3) is 7.72. The molecule has 0 atom stereocenters. The van der Waals surface area contributed by atoms with E-state index in [4.69, 9.17) is 8.85 Å². The van der Waals surface area contributed by atoms with Gasteiger partial charge in [-0.25, -0.2) is 0 Å². The van der Waals surface area contributed by atoms with Crippen LogP contribution in [0.2, 0.25) is 38.3 Å². The normalized spacial score (nSPS) is 12.6. The van der Waals surface area contributed by atoms with E-state index in [1.54, 1.807) is 0 Å². The maximum absolute atomic E-state index is 5.90. The lowest BCUT2D eigenvalue weighted by Crippen LogP contribution is -2.30. The summed E-state index contributed by atoms with van der Waals surface area (Å²) in [4.78, 5) is 0. The summed E-state index contributed by atoms with van der Waals surface area (Å²) >= 11 is 0. The predicted molar refractivity (Wildman–Crippen MR) is 102 cm³/mol. The molecule has 0 aromatic heterocycles. The van der Waals surface area contributed by atoms with Crippen LogP contribution >= 0.6 is 0 Å². The van der Waals surface area contributed by atoms with Gasteiger partial charge in [-0.05, 0) is 76.1 Å². The lowest BCUT2D eigenvalue weighted by molar-refractivity contribution is 0.328. The van der Waals surface area contributed by atoms with E-state index in [-0.39, 0.29) is 0 Å². The average molecular weight is 339 g/mol. The van der Waals surface area contributed by atoms with Crippen LogP contribution in [-0.2, 0) is 21.7 Å². The van der Waals surface area contributed by atoms with E-state index < -0.39 is 16.6 Å². The fraction of sp³-hybridized carbons (Fsp3) is 0.667. The molecule has 0 heterocycles. The Hall–Kier alpha value is -0.426. The fourth-order valence-electron chi connectivity index (χ4n) is 2.69. The van der Waals surface area contributed by atoms with Gasteiger partial charge in [0.2, 0.25) is 0 Å². The van der Waals surface area contributed by atoms with Crippen molar-refractivity contribution in [2.45, 2.75) is 65.0 Å². The largest absolute Gasteiger partial charge is 0.418 e. The summed E-state index contributed by atoms with van der Waals surface area (Å²) in [5.41, 5.74) is 2.87. The minimum absolute atomic E-state index is 0.845. The number of benzene rings is 1. The van der Waals surface area contributed by atoms with Crippen molar-refractivity contribution < 1.29 is 8.85 Å². The molecule has 0 aliphatic rings. The quantitative estimate of drug-likeness (QED) is 0.542. The Morgan fingerprint density at radius 1 is 0.682 bits per heavy atom. The van der Waals surface area contributed by atoms with E-state index in [0.29, 0.717) is 0 Å². The van der Waals surface area contributed by atoms with Gasteiger partial charge in [0.1, 0.15) is 0 Å². The summed E-state index contributed by atoms with van der Waals surface area (Å²) in [6.45, 7) is 15.1. The van der Waals surface area contributed by atoms with Crippen LogP contribution in [0.25, 0.3) is 0 Å². The van der Waals surface area contributed by atoms with E-state index in [9.17, 15) is 0 Å². The fourth-order valence-corrected chi connectivity index (χ4v) is 6.32. The number of hydrogen-bond acceptors (Lipinski definition) is 2. The molecule has 0 spiro atoms. The van der Waals surface area contributed by atoms with Gasteiger partial charge in [-0.1, -0.05) is 24.3 Å². The molecule has 1 aromatic carbocycles. The Bertz CT molecular complexity index is 386. The highest BCUT2D eigenvalue weighted by Crippen LogP contribution is 2.18. The molecule has 0 saturated heterocycles. The first kappa shape index (κ1) is 19.6. The van der Waals surface area contributed by atoms with Gasteiger partial charge in [0.15, 0.2) is 16.6 Å². The zero-order chi connectivity index (χ0) is 16.6. The van der Waals surface area contributed by atoms with Gasteiger partial charge in [-0.15, -0.1) is 0 Å². The number of rotatable bonds is 10. The molecule has 0 saturated carbocycles. The summed E-state index contributed by atoms with van der Waals surface area (Å²) in [5, 5.41) is 0. The van der Waals surface area contributed by atoms with Crippen molar-refractivity contribution in [2.24, 2.45) is 0 Å². The van der Waals surface area contributed by atoms with Crippen molar-refractivity contribution in [1.82, 2.24) is 0 Å². The van der Waals surface area contributed by atoms with Gasteiger partial charge in [0.05, 0.1) is 0 Å². The maximum atomic E-state index is 5.90. The molecule has 0 bridgehead atoms. The Labute approximate surface area is 139 Å². The molecule has 1 rings (SSSR count). The van der Waals surface area contributed by atoms with E-state index in [1.807, 2.05) is 0 Å². The minimum atomic E-state index is -1.46. The Balaban J connectivity index is 2.46. The highest BCUT2D eigenvalue weighted by atomic mass is 28.4. The summed E-state index contributed by atoms with van der Waals surface area (Å²) in [6, 6.07) is 11.6. The molecule has 126 valence electrons. The van der Waals surface area contributed by atoms with Gasteiger partial charge < -0.3 is 8.85 Å². The second kappa shape index (κ2) is 9.01. The summed E-state index contributed by atoms with van der Waals surface area (Å²) in [6.07, 6.45) is 2.28. The molecular weight excluding hydrogens is 304 g/mol. The molecule has 0 unspecified atom stereocenters. The standard InChI is InChI=1S/C18H34O2Si2/c1-7-19-21(3,4)15-13-17-9-11-18(12-10-17)14-16-22(5,6)20-8-2/h9-12H,7-8,13-16H2,1-6H3. The van der Waals surface area contributed by atoms with Crippen molar-refractivity contribution in [2.75, 3.05) is 13.2 Å². The van der Waals surface area contributed by atoms with Gasteiger partial charge in [-0.3, -0.25) is 0 Å². The topological polar surface area (TPSA) is 18.5 Å². The van der Waals surface area contributed by atoms with E-state index in [1.165, 1.54) is 23.2 Å². The van der Waals surface area contributed by atoms with Crippen LogP contribution in [0.1, 0.15) is 25.0 Å². The summed E-state index contributed by atoms with van der Waals surface area (Å²) in [5.74, 6) is 0. The third-order valence-electron chi connectivity index (χ3n) is 4.12. The number of aryl methyl sites for hydroxylation is 2. The van der Waals surface area contributed by atoms with Crippen molar-refractivity contribution in [3.63, 3.8) is 0 Å². The molecule has 22 heavy (non-hydrogen) atoms. The second-order valence-corrected chi connectivity index (χ2v) is 15.8. The van der Waals surface area contributed by atoms with Crippen LogP contribution in [0.15, 0.2) is 24.3 Å². The van der Waals surface area contributed by atoms with Gasteiger partial charge in [0.25, 0.3) is 0 Å². The first-order chi connectivity index (χ1) is 10.3. The van der Waals surface area contributed by atoms with Gasteiger partial charge in [-0.2, -0.15) is 0 Å². The Morgan fingerprint density at radius 2 is 1.00 bits per heavy atom. The van der Waals surface area contributed by atoms with Gasteiger partial charge in [0, 0.05) is 13.2 Å². The molecule has 0 amide bonds. The van der Waals surface area contributed by atoms with E-state index in [2.05, 4.69) is 64.3 Å². The van der Waals surface area contributed by atoms with Crippen molar-refractivity contribution >= 4 is 16.6 Å². The molecular formula is C18H34O2Si2. The first-order valence-electron chi connectivity index (χ1n) is 8.64.